The summed E-state index contributed by atoms with van der Waals surface area (Å²) in [6.07, 6.45) is 1.80. The number of aldehydes is 1. The van der Waals surface area contributed by atoms with E-state index in [9.17, 15) is 4.79 Å². The van der Waals surface area contributed by atoms with Gasteiger partial charge in [-0.05, 0) is 24.1 Å². The third kappa shape index (κ3) is 1.45. The summed E-state index contributed by atoms with van der Waals surface area (Å²) in [6.45, 7) is 2.07. The highest BCUT2D eigenvalue weighted by Crippen LogP contribution is 2.30. The van der Waals surface area contributed by atoms with Crippen molar-refractivity contribution in [2.45, 2.75) is 13.3 Å². The molecule has 0 aliphatic carbocycles. The average Bonchev–Trinajstić information content (AvgIpc) is 2.58. The van der Waals surface area contributed by atoms with Gasteiger partial charge in [-0.15, -0.1) is 11.3 Å². The molecule has 0 aliphatic heterocycles. The maximum Gasteiger partial charge on any atom is 0.151 e. The number of benzene rings is 1. The van der Waals surface area contributed by atoms with E-state index in [2.05, 4.69) is 13.0 Å². The Balaban J connectivity index is 2.75. The van der Waals surface area contributed by atoms with Crippen molar-refractivity contribution >= 4 is 39.3 Å². The third-order valence-corrected chi connectivity index (χ3v) is 3.60. The fraction of sp³-hybridized carbons (Fsp3) is 0.182. The predicted molar refractivity (Wildman–Crippen MR) is 61.6 cm³/mol. The van der Waals surface area contributed by atoms with E-state index in [-0.39, 0.29) is 0 Å². The van der Waals surface area contributed by atoms with Crippen molar-refractivity contribution in [1.82, 2.24) is 0 Å². The lowest BCUT2D eigenvalue weighted by Gasteiger charge is -2.00. The van der Waals surface area contributed by atoms with Crippen LogP contribution in [0.2, 0.25) is 5.02 Å². The van der Waals surface area contributed by atoms with Crippen LogP contribution in [0.5, 0.6) is 0 Å². The first-order chi connectivity index (χ1) is 6.76. The van der Waals surface area contributed by atoms with Crippen LogP contribution >= 0.6 is 22.9 Å². The number of aryl methyl sites for hydroxylation is 1. The summed E-state index contributed by atoms with van der Waals surface area (Å²) >= 11 is 7.66. The van der Waals surface area contributed by atoms with Crippen LogP contribution in [0.3, 0.4) is 0 Å². The number of halogens is 1. The van der Waals surface area contributed by atoms with Crippen LogP contribution in [-0.2, 0) is 6.42 Å². The molecule has 72 valence electrons. The Morgan fingerprint density at radius 3 is 2.93 bits per heavy atom. The van der Waals surface area contributed by atoms with E-state index in [1.807, 2.05) is 11.4 Å². The topological polar surface area (TPSA) is 17.1 Å². The first-order valence-corrected chi connectivity index (χ1v) is 5.66. The van der Waals surface area contributed by atoms with Gasteiger partial charge in [0.15, 0.2) is 6.29 Å². The minimum atomic E-state index is 0.731. The Kier molecular flexibility index (Phi) is 2.57. The minimum absolute atomic E-state index is 0.731. The van der Waals surface area contributed by atoms with Crippen LogP contribution in [0.15, 0.2) is 17.5 Å². The van der Waals surface area contributed by atoms with E-state index in [1.54, 1.807) is 11.3 Å². The molecule has 0 unspecified atom stereocenters. The molecular formula is C11H9ClOS. The molecular weight excluding hydrogens is 216 g/mol. The lowest BCUT2D eigenvalue weighted by atomic mass is 10.1. The van der Waals surface area contributed by atoms with Gasteiger partial charge in [0.2, 0.25) is 0 Å². The van der Waals surface area contributed by atoms with Crippen LogP contribution in [-0.4, -0.2) is 6.29 Å². The summed E-state index contributed by atoms with van der Waals surface area (Å²) in [5, 5.41) is 3.58. The van der Waals surface area contributed by atoms with Crippen molar-refractivity contribution < 1.29 is 4.79 Å². The van der Waals surface area contributed by atoms with Crippen molar-refractivity contribution in [3.05, 3.63) is 33.7 Å². The number of thiophene rings is 1. The molecule has 0 saturated heterocycles. The molecule has 1 aromatic heterocycles. The molecule has 2 rings (SSSR count). The molecule has 14 heavy (non-hydrogen) atoms. The highest BCUT2D eigenvalue weighted by molar-refractivity contribution is 7.17. The van der Waals surface area contributed by atoms with Crippen molar-refractivity contribution in [1.29, 1.82) is 0 Å². The number of carbonyl (C=O) groups excluding carboxylic acids is 1. The highest BCUT2D eigenvalue weighted by atomic mass is 35.5. The van der Waals surface area contributed by atoms with Gasteiger partial charge in [0.1, 0.15) is 0 Å². The molecule has 0 radical (unpaired) electrons. The monoisotopic (exact) mass is 224 g/mol. The highest BCUT2D eigenvalue weighted by Gasteiger charge is 2.06. The molecule has 0 fully saturated rings. The van der Waals surface area contributed by atoms with E-state index in [0.717, 1.165) is 38.9 Å². The van der Waals surface area contributed by atoms with Crippen molar-refractivity contribution in [3.63, 3.8) is 0 Å². The lowest BCUT2D eigenvalue weighted by molar-refractivity contribution is 0.112. The van der Waals surface area contributed by atoms with Gasteiger partial charge < -0.3 is 0 Å². The largest absolute Gasteiger partial charge is 0.298 e. The summed E-state index contributed by atoms with van der Waals surface area (Å²) in [6, 6.07) is 3.95. The summed E-state index contributed by atoms with van der Waals surface area (Å²) < 4.78 is 1.13. The second-order valence-electron chi connectivity index (χ2n) is 3.10. The quantitative estimate of drug-likeness (QED) is 0.707. The fourth-order valence-electron chi connectivity index (χ4n) is 1.47. The number of fused-ring (bicyclic) bond motifs is 1. The summed E-state index contributed by atoms with van der Waals surface area (Å²) in [5.74, 6) is 0. The number of rotatable bonds is 2. The van der Waals surface area contributed by atoms with Crippen molar-refractivity contribution in [2.24, 2.45) is 0 Å². The Bertz CT molecular complexity index is 487. The number of carbonyl (C=O) groups is 1. The summed E-state index contributed by atoms with van der Waals surface area (Å²) in [7, 11) is 0. The molecule has 1 aromatic carbocycles. The van der Waals surface area contributed by atoms with Crippen LogP contribution < -0.4 is 0 Å². The molecule has 0 spiro atoms. The van der Waals surface area contributed by atoms with Gasteiger partial charge in [-0.1, -0.05) is 18.5 Å². The zero-order chi connectivity index (χ0) is 10.1. The fourth-order valence-corrected chi connectivity index (χ4v) is 2.72. The van der Waals surface area contributed by atoms with Crippen LogP contribution in [0.4, 0.5) is 0 Å². The van der Waals surface area contributed by atoms with Crippen LogP contribution in [0, 0.1) is 0 Å². The normalized spacial score (nSPS) is 10.7. The zero-order valence-corrected chi connectivity index (χ0v) is 9.28. The van der Waals surface area contributed by atoms with Crippen molar-refractivity contribution in [3.8, 4) is 0 Å². The molecule has 0 atom stereocenters. The molecule has 1 nitrogen and oxygen atoms in total. The summed E-state index contributed by atoms with van der Waals surface area (Å²) in [5.41, 5.74) is 1.87. The van der Waals surface area contributed by atoms with Gasteiger partial charge in [-0.25, -0.2) is 0 Å². The van der Waals surface area contributed by atoms with Gasteiger partial charge >= 0.3 is 0 Å². The zero-order valence-electron chi connectivity index (χ0n) is 7.71. The molecule has 3 heteroatoms. The molecule has 0 saturated carbocycles. The predicted octanol–water partition coefficient (Wildman–Crippen LogP) is 3.93. The third-order valence-electron chi connectivity index (χ3n) is 2.28. The number of hydrogen-bond acceptors (Lipinski definition) is 2. The van der Waals surface area contributed by atoms with E-state index in [4.69, 9.17) is 11.6 Å². The van der Waals surface area contributed by atoms with E-state index >= 15 is 0 Å². The Morgan fingerprint density at radius 2 is 2.29 bits per heavy atom. The van der Waals surface area contributed by atoms with Gasteiger partial charge in [0, 0.05) is 26.1 Å². The van der Waals surface area contributed by atoms with Gasteiger partial charge in [0.05, 0.1) is 0 Å². The SMILES string of the molecule is CCc1cc2scc(C=O)c2cc1Cl. The molecule has 2 aromatic rings. The van der Waals surface area contributed by atoms with Crippen LogP contribution in [0.25, 0.3) is 10.1 Å². The molecule has 0 amide bonds. The molecule has 0 aliphatic rings. The second kappa shape index (κ2) is 3.71. The second-order valence-corrected chi connectivity index (χ2v) is 4.42. The van der Waals surface area contributed by atoms with E-state index in [0.29, 0.717) is 0 Å². The molecule has 0 bridgehead atoms. The van der Waals surface area contributed by atoms with Crippen LogP contribution in [0.1, 0.15) is 22.8 Å². The summed E-state index contributed by atoms with van der Waals surface area (Å²) in [4.78, 5) is 10.7. The van der Waals surface area contributed by atoms with Gasteiger partial charge in [-0.2, -0.15) is 0 Å². The molecule has 1 heterocycles. The number of hydrogen-bond donors (Lipinski definition) is 0. The standard InChI is InChI=1S/C11H9ClOS/c1-2-7-3-11-9(4-10(7)12)8(5-13)6-14-11/h3-6H,2H2,1H3. The first-order valence-electron chi connectivity index (χ1n) is 4.41. The molecule has 0 N–H and O–H groups in total. The lowest BCUT2D eigenvalue weighted by Crippen LogP contribution is -1.82. The maximum atomic E-state index is 10.7. The van der Waals surface area contributed by atoms with E-state index < -0.39 is 0 Å². The maximum absolute atomic E-state index is 10.7. The first kappa shape index (κ1) is 9.69. The minimum Gasteiger partial charge on any atom is -0.298 e. The Labute approximate surface area is 91.3 Å². The smallest absolute Gasteiger partial charge is 0.151 e. The Hall–Kier alpha value is -0.860. The average molecular weight is 225 g/mol. The van der Waals surface area contributed by atoms with Gasteiger partial charge in [-0.3, -0.25) is 4.79 Å². The van der Waals surface area contributed by atoms with Crippen molar-refractivity contribution in [2.75, 3.05) is 0 Å². The Morgan fingerprint density at radius 1 is 1.50 bits per heavy atom. The van der Waals surface area contributed by atoms with Gasteiger partial charge in [0.25, 0.3) is 0 Å². The van der Waals surface area contributed by atoms with E-state index in [1.165, 1.54) is 0 Å².